The summed E-state index contributed by atoms with van der Waals surface area (Å²) in [6.07, 6.45) is 3.83. The van der Waals surface area contributed by atoms with Crippen molar-refractivity contribution in [2.24, 2.45) is 16.8 Å². The Morgan fingerprint density at radius 1 is 1.16 bits per heavy atom. The van der Waals surface area contributed by atoms with Crippen LogP contribution in [0.15, 0.2) is 29.3 Å². The number of aliphatic imine (C=N–C) groups is 1. The summed E-state index contributed by atoms with van der Waals surface area (Å²) >= 11 is 0. The molecule has 0 spiro atoms. The molecule has 0 atom stereocenters. The highest BCUT2D eigenvalue weighted by Crippen LogP contribution is 2.21. The Labute approximate surface area is 202 Å². The highest BCUT2D eigenvalue weighted by molar-refractivity contribution is 14.0. The van der Waals surface area contributed by atoms with E-state index in [1.807, 2.05) is 26.1 Å². The van der Waals surface area contributed by atoms with E-state index in [0.717, 1.165) is 69.9 Å². The van der Waals surface area contributed by atoms with Crippen LogP contribution in [0.1, 0.15) is 38.2 Å². The maximum Gasteiger partial charge on any atom is 0.309 e. The summed E-state index contributed by atoms with van der Waals surface area (Å²) in [5, 5.41) is 3.53. The van der Waals surface area contributed by atoms with E-state index in [2.05, 4.69) is 20.1 Å². The van der Waals surface area contributed by atoms with Crippen LogP contribution in [0.3, 0.4) is 0 Å². The Balaban J connectivity index is 0.00000341. The summed E-state index contributed by atoms with van der Waals surface area (Å²) < 4.78 is 19.0. The number of hydrogen-bond donors (Lipinski definition) is 1. The number of nitrogens with zero attached hydrogens (tertiary/aromatic N) is 3. The molecule has 3 rings (SSSR count). The topological polar surface area (TPSA) is 57.2 Å². The summed E-state index contributed by atoms with van der Waals surface area (Å²) in [6, 6.07) is 7.05. The molecule has 1 aromatic carbocycles. The highest BCUT2D eigenvalue weighted by atomic mass is 127. The molecule has 0 saturated carbocycles. The van der Waals surface area contributed by atoms with Gasteiger partial charge in [-0.05, 0) is 57.7 Å². The predicted molar refractivity (Wildman–Crippen MR) is 132 cm³/mol. The van der Waals surface area contributed by atoms with E-state index in [1.54, 1.807) is 6.07 Å². The summed E-state index contributed by atoms with van der Waals surface area (Å²) in [6.45, 7) is 7.51. The van der Waals surface area contributed by atoms with Crippen LogP contribution in [-0.2, 0) is 16.1 Å². The van der Waals surface area contributed by atoms with E-state index < -0.39 is 0 Å². The predicted octanol–water partition coefficient (Wildman–Crippen LogP) is 3.51. The van der Waals surface area contributed by atoms with Crippen LogP contribution in [0, 0.1) is 17.7 Å². The smallest absolute Gasteiger partial charge is 0.309 e. The highest BCUT2D eigenvalue weighted by Gasteiger charge is 2.28. The largest absolute Gasteiger partial charge is 0.466 e. The van der Waals surface area contributed by atoms with Crippen LogP contribution in [0.2, 0.25) is 0 Å². The van der Waals surface area contributed by atoms with Crippen molar-refractivity contribution in [2.45, 2.75) is 39.2 Å². The fourth-order valence-corrected chi connectivity index (χ4v) is 4.37. The monoisotopic (exact) mass is 546 g/mol. The molecule has 0 amide bonds. The van der Waals surface area contributed by atoms with Crippen LogP contribution in [-0.4, -0.2) is 68.1 Å². The van der Waals surface area contributed by atoms with E-state index in [9.17, 15) is 9.18 Å². The van der Waals surface area contributed by atoms with Crippen molar-refractivity contribution in [3.63, 3.8) is 0 Å². The molecule has 174 valence electrons. The molecule has 0 aromatic heterocycles. The second kappa shape index (κ2) is 13.2. The van der Waals surface area contributed by atoms with Crippen LogP contribution in [0.5, 0.6) is 0 Å². The number of carbonyl (C=O) groups is 1. The van der Waals surface area contributed by atoms with Gasteiger partial charge in [-0.15, -0.1) is 24.0 Å². The standard InChI is InChI=1S/C23H35FN4O2.HI/c1-3-30-22(29)19-10-14-28(15-11-19)23(25-2)26-16-18-8-12-27(13-9-18)17-20-6-4-5-7-21(20)24;/h4-7,18-19H,3,8-17H2,1-2H3,(H,25,26);1H. The van der Waals surface area contributed by atoms with Gasteiger partial charge < -0.3 is 15.0 Å². The third kappa shape index (κ3) is 7.59. The minimum absolute atomic E-state index is 0. The number of nitrogens with one attached hydrogen (secondary N) is 1. The average molecular weight is 546 g/mol. The lowest BCUT2D eigenvalue weighted by atomic mass is 9.96. The molecule has 8 heteroatoms. The van der Waals surface area contributed by atoms with Crippen LogP contribution in [0.25, 0.3) is 0 Å². The van der Waals surface area contributed by atoms with E-state index in [-0.39, 0.29) is 41.7 Å². The van der Waals surface area contributed by atoms with Gasteiger partial charge in [-0.1, -0.05) is 18.2 Å². The Morgan fingerprint density at radius 3 is 2.45 bits per heavy atom. The molecular formula is C23H36FIN4O2. The number of benzene rings is 1. The van der Waals surface area contributed by atoms with Gasteiger partial charge in [0.15, 0.2) is 5.96 Å². The molecule has 1 aromatic rings. The summed E-state index contributed by atoms with van der Waals surface area (Å²) in [7, 11) is 1.82. The third-order valence-corrected chi connectivity index (χ3v) is 6.23. The first-order chi connectivity index (χ1) is 14.6. The van der Waals surface area contributed by atoms with E-state index in [0.29, 0.717) is 19.1 Å². The number of ether oxygens (including phenoxy) is 1. The van der Waals surface area contributed by atoms with Gasteiger partial charge in [-0.25, -0.2) is 4.39 Å². The van der Waals surface area contributed by atoms with Gasteiger partial charge in [0.2, 0.25) is 0 Å². The number of carbonyl (C=O) groups excluding carboxylic acids is 1. The fourth-order valence-electron chi connectivity index (χ4n) is 4.37. The first kappa shape index (κ1) is 25.8. The maximum atomic E-state index is 13.9. The fraction of sp³-hybridized carbons (Fsp3) is 0.652. The second-order valence-corrected chi connectivity index (χ2v) is 8.25. The number of rotatable bonds is 6. The quantitative estimate of drug-likeness (QED) is 0.256. The van der Waals surface area contributed by atoms with Crippen molar-refractivity contribution < 1.29 is 13.9 Å². The summed E-state index contributed by atoms with van der Waals surface area (Å²) in [4.78, 5) is 20.9. The lowest BCUT2D eigenvalue weighted by Gasteiger charge is -2.35. The summed E-state index contributed by atoms with van der Waals surface area (Å²) in [5.74, 6) is 1.35. The molecule has 0 radical (unpaired) electrons. The molecule has 2 saturated heterocycles. The molecule has 0 aliphatic carbocycles. The summed E-state index contributed by atoms with van der Waals surface area (Å²) in [5.41, 5.74) is 0.778. The molecule has 2 aliphatic heterocycles. The van der Waals surface area contributed by atoms with Crippen molar-refractivity contribution in [1.82, 2.24) is 15.1 Å². The number of guanidine groups is 1. The first-order valence-electron chi connectivity index (χ1n) is 11.2. The molecule has 0 unspecified atom stereocenters. The van der Waals surface area contributed by atoms with Gasteiger partial charge in [0.05, 0.1) is 12.5 Å². The van der Waals surface area contributed by atoms with Crippen LogP contribution in [0.4, 0.5) is 4.39 Å². The minimum Gasteiger partial charge on any atom is -0.466 e. The lowest BCUT2D eigenvalue weighted by Crippen LogP contribution is -2.48. The molecular weight excluding hydrogens is 510 g/mol. The van der Waals surface area contributed by atoms with Crippen molar-refractivity contribution >= 4 is 35.9 Å². The molecule has 6 nitrogen and oxygen atoms in total. The van der Waals surface area contributed by atoms with Gasteiger partial charge in [0.25, 0.3) is 0 Å². The van der Waals surface area contributed by atoms with Crippen molar-refractivity contribution in [3.8, 4) is 0 Å². The number of piperidine rings is 2. The SMILES string of the molecule is CCOC(=O)C1CCN(C(=NC)NCC2CCN(Cc3ccccc3F)CC2)CC1.I. The number of esters is 1. The van der Waals surface area contributed by atoms with Crippen molar-refractivity contribution in [2.75, 3.05) is 46.4 Å². The zero-order valence-electron chi connectivity index (χ0n) is 18.7. The van der Waals surface area contributed by atoms with Gasteiger partial charge in [0.1, 0.15) is 5.82 Å². The number of hydrogen-bond acceptors (Lipinski definition) is 4. The third-order valence-electron chi connectivity index (χ3n) is 6.23. The minimum atomic E-state index is -0.114. The molecule has 0 bridgehead atoms. The average Bonchev–Trinajstić information content (AvgIpc) is 2.77. The van der Waals surface area contributed by atoms with Crippen LogP contribution >= 0.6 is 24.0 Å². The molecule has 2 heterocycles. The lowest BCUT2D eigenvalue weighted by molar-refractivity contribution is -0.149. The van der Waals surface area contributed by atoms with E-state index >= 15 is 0 Å². The van der Waals surface area contributed by atoms with Gasteiger partial charge in [-0.2, -0.15) is 0 Å². The number of halogens is 2. The Morgan fingerprint density at radius 2 is 1.84 bits per heavy atom. The van der Waals surface area contributed by atoms with Gasteiger partial charge >= 0.3 is 5.97 Å². The maximum absolute atomic E-state index is 13.9. The first-order valence-corrected chi connectivity index (χ1v) is 11.2. The number of likely N-dealkylation sites (tertiary alicyclic amines) is 2. The Kier molecular flexibility index (Phi) is 11.0. The molecule has 2 fully saturated rings. The molecule has 2 aliphatic rings. The van der Waals surface area contributed by atoms with Crippen LogP contribution < -0.4 is 5.32 Å². The zero-order valence-corrected chi connectivity index (χ0v) is 21.0. The Bertz CT molecular complexity index is 717. The van der Waals surface area contributed by atoms with Crippen molar-refractivity contribution in [1.29, 1.82) is 0 Å². The normalized spacial score (nSPS) is 19.1. The molecule has 1 N–H and O–H groups in total. The van der Waals surface area contributed by atoms with Crippen molar-refractivity contribution in [3.05, 3.63) is 35.6 Å². The Hall–Kier alpha value is -1.42. The van der Waals surface area contributed by atoms with E-state index in [1.165, 1.54) is 6.07 Å². The van der Waals surface area contributed by atoms with Gasteiger partial charge in [-0.3, -0.25) is 14.7 Å². The van der Waals surface area contributed by atoms with E-state index in [4.69, 9.17) is 4.74 Å². The molecule has 31 heavy (non-hydrogen) atoms. The van der Waals surface area contributed by atoms with Gasteiger partial charge in [0, 0.05) is 38.8 Å². The zero-order chi connectivity index (χ0) is 21.3. The second-order valence-electron chi connectivity index (χ2n) is 8.25.